The van der Waals surface area contributed by atoms with Crippen molar-refractivity contribution in [2.75, 3.05) is 45.2 Å². The fourth-order valence-corrected chi connectivity index (χ4v) is 2.14. The zero-order valence-corrected chi connectivity index (χ0v) is 14.2. The summed E-state index contributed by atoms with van der Waals surface area (Å²) in [6, 6.07) is 7.22. The smallest absolute Gasteiger partial charge is 0.253 e. The van der Waals surface area contributed by atoms with E-state index in [-0.39, 0.29) is 18.4 Å². The molecule has 2 N–H and O–H groups in total. The molecule has 0 atom stereocenters. The molecule has 6 heteroatoms. The number of nitrogens with zero attached hydrogens (tertiary/aromatic N) is 1. The van der Waals surface area contributed by atoms with Crippen molar-refractivity contribution in [2.45, 2.75) is 20.3 Å². The van der Waals surface area contributed by atoms with Crippen molar-refractivity contribution >= 4 is 17.5 Å². The fraction of sp³-hybridized carbons (Fsp3) is 0.529. The molecule has 2 amide bonds. The first kappa shape index (κ1) is 19.0. The normalized spacial score (nSPS) is 10.2. The van der Waals surface area contributed by atoms with Crippen LogP contribution in [0.3, 0.4) is 0 Å². The largest absolute Gasteiger partial charge is 0.385 e. The lowest BCUT2D eigenvalue weighted by Crippen LogP contribution is -2.31. The molecule has 0 saturated heterocycles. The highest BCUT2D eigenvalue weighted by atomic mass is 16.5. The summed E-state index contributed by atoms with van der Waals surface area (Å²) >= 11 is 0. The summed E-state index contributed by atoms with van der Waals surface area (Å²) < 4.78 is 4.92. The maximum absolute atomic E-state index is 12.3. The summed E-state index contributed by atoms with van der Waals surface area (Å²) in [4.78, 5) is 25.8. The molecule has 0 spiro atoms. The Kier molecular flexibility index (Phi) is 8.75. The highest BCUT2D eigenvalue weighted by Gasteiger charge is 2.12. The van der Waals surface area contributed by atoms with Crippen molar-refractivity contribution in [1.29, 1.82) is 0 Å². The van der Waals surface area contributed by atoms with Gasteiger partial charge in [-0.15, -0.1) is 0 Å². The third-order valence-corrected chi connectivity index (χ3v) is 3.46. The first-order chi connectivity index (χ1) is 11.1. The Hall–Kier alpha value is -2.08. The first-order valence-corrected chi connectivity index (χ1v) is 8.01. The van der Waals surface area contributed by atoms with Crippen molar-refractivity contribution in [3.05, 3.63) is 29.8 Å². The minimum absolute atomic E-state index is 0.00247. The van der Waals surface area contributed by atoms with Gasteiger partial charge in [-0.05, 0) is 38.5 Å². The molecular weight excluding hydrogens is 294 g/mol. The Morgan fingerprint density at radius 3 is 2.61 bits per heavy atom. The van der Waals surface area contributed by atoms with E-state index in [9.17, 15) is 9.59 Å². The molecule has 0 unspecified atom stereocenters. The van der Waals surface area contributed by atoms with Crippen LogP contribution < -0.4 is 10.6 Å². The van der Waals surface area contributed by atoms with Crippen LogP contribution in [0.15, 0.2) is 24.3 Å². The molecule has 1 aromatic carbocycles. The van der Waals surface area contributed by atoms with E-state index in [4.69, 9.17) is 4.74 Å². The van der Waals surface area contributed by atoms with Gasteiger partial charge in [-0.2, -0.15) is 0 Å². The lowest BCUT2D eigenvalue weighted by Gasteiger charge is -2.19. The molecule has 0 aromatic heterocycles. The van der Waals surface area contributed by atoms with Gasteiger partial charge in [-0.1, -0.05) is 6.07 Å². The predicted molar refractivity (Wildman–Crippen MR) is 91.7 cm³/mol. The van der Waals surface area contributed by atoms with Gasteiger partial charge in [0.05, 0.1) is 6.54 Å². The number of methoxy groups -OCH3 is 1. The van der Waals surface area contributed by atoms with Gasteiger partial charge in [0.2, 0.25) is 5.91 Å². The number of rotatable bonds is 10. The van der Waals surface area contributed by atoms with Crippen LogP contribution >= 0.6 is 0 Å². The van der Waals surface area contributed by atoms with E-state index in [1.54, 1.807) is 24.1 Å². The molecule has 0 fully saturated rings. The third-order valence-electron chi connectivity index (χ3n) is 3.46. The highest BCUT2D eigenvalue weighted by molar-refractivity contribution is 5.95. The zero-order valence-electron chi connectivity index (χ0n) is 14.2. The van der Waals surface area contributed by atoms with Gasteiger partial charge in [0.15, 0.2) is 0 Å². The Labute approximate surface area is 138 Å². The molecule has 23 heavy (non-hydrogen) atoms. The number of anilines is 1. The van der Waals surface area contributed by atoms with Gasteiger partial charge in [0, 0.05) is 44.6 Å². The maximum atomic E-state index is 12.3. The number of nitrogens with one attached hydrogen (secondary N) is 2. The molecule has 0 bridgehead atoms. The second-order valence-electron chi connectivity index (χ2n) is 5.11. The molecule has 1 rings (SSSR count). The van der Waals surface area contributed by atoms with Crippen LogP contribution in [-0.2, 0) is 9.53 Å². The Balaban J connectivity index is 2.51. The van der Waals surface area contributed by atoms with Crippen LogP contribution in [0.4, 0.5) is 5.69 Å². The lowest BCUT2D eigenvalue weighted by atomic mass is 10.1. The van der Waals surface area contributed by atoms with E-state index in [1.165, 1.54) is 0 Å². The van der Waals surface area contributed by atoms with Crippen molar-refractivity contribution in [3.63, 3.8) is 0 Å². The van der Waals surface area contributed by atoms with Gasteiger partial charge < -0.3 is 20.3 Å². The lowest BCUT2D eigenvalue weighted by molar-refractivity contribution is -0.119. The van der Waals surface area contributed by atoms with Crippen LogP contribution in [0, 0.1) is 0 Å². The van der Waals surface area contributed by atoms with Gasteiger partial charge in [-0.3, -0.25) is 9.59 Å². The van der Waals surface area contributed by atoms with Crippen LogP contribution in [0.25, 0.3) is 0 Å². The molecule has 0 heterocycles. The van der Waals surface area contributed by atoms with Crippen LogP contribution in [0.2, 0.25) is 0 Å². The second kappa shape index (κ2) is 10.6. The fourth-order valence-electron chi connectivity index (χ4n) is 2.14. The third kappa shape index (κ3) is 6.69. The molecule has 1 aromatic rings. The summed E-state index contributed by atoms with van der Waals surface area (Å²) in [5.74, 6) is -0.0794. The quantitative estimate of drug-likeness (QED) is 0.644. The van der Waals surface area contributed by atoms with Crippen molar-refractivity contribution in [1.82, 2.24) is 10.2 Å². The van der Waals surface area contributed by atoms with Gasteiger partial charge >= 0.3 is 0 Å². The predicted octanol–water partition coefficient (Wildman–Crippen LogP) is 1.73. The van der Waals surface area contributed by atoms with Crippen molar-refractivity contribution in [3.8, 4) is 0 Å². The summed E-state index contributed by atoms with van der Waals surface area (Å²) in [5, 5.41) is 5.85. The van der Waals surface area contributed by atoms with E-state index in [0.717, 1.165) is 12.1 Å². The van der Waals surface area contributed by atoms with E-state index < -0.39 is 0 Å². The molecule has 0 aliphatic rings. The molecule has 128 valence electrons. The van der Waals surface area contributed by atoms with Crippen molar-refractivity contribution < 1.29 is 14.3 Å². The zero-order chi connectivity index (χ0) is 17.1. The maximum Gasteiger partial charge on any atom is 0.253 e. The van der Waals surface area contributed by atoms with Crippen LogP contribution in [0.5, 0.6) is 0 Å². The Bertz CT molecular complexity index is 502. The van der Waals surface area contributed by atoms with Crippen LogP contribution in [0.1, 0.15) is 30.6 Å². The monoisotopic (exact) mass is 321 g/mol. The summed E-state index contributed by atoms with van der Waals surface area (Å²) in [7, 11) is 1.63. The number of amides is 2. The first-order valence-electron chi connectivity index (χ1n) is 8.01. The number of hydrogen-bond acceptors (Lipinski definition) is 4. The molecule has 0 aliphatic heterocycles. The van der Waals surface area contributed by atoms with Crippen molar-refractivity contribution in [2.24, 2.45) is 0 Å². The van der Waals surface area contributed by atoms with E-state index in [0.29, 0.717) is 31.8 Å². The molecule has 0 aliphatic carbocycles. The second-order valence-corrected chi connectivity index (χ2v) is 5.11. The topological polar surface area (TPSA) is 70.7 Å². The van der Waals surface area contributed by atoms with Gasteiger partial charge in [-0.25, -0.2) is 0 Å². The van der Waals surface area contributed by atoms with Crippen LogP contribution in [-0.4, -0.2) is 56.6 Å². The average molecular weight is 321 g/mol. The number of benzene rings is 1. The number of hydrogen-bond donors (Lipinski definition) is 2. The van der Waals surface area contributed by atoms with E-state index in [1.807, 2.05) is 26.0 Å². The molecular formula is C17H27N3O3. The molecule has 0 saturated carbocycles. The summed E-state index contributed by atoms with van der Waals surface area (Å²) in [6.07, 6.45) is 0.788. The van der Waals surface area contributed by atoms with E-state index >= 15 is 0 Å². The average Bonchev–Trinajstić information content (AvgIpc) is 2.58. The molecule has 0 radical (unpaired) electrons. The standard InChI is InChI=1S/C17H27N3O3/c1-4-20(5-2)17(22)14-8-6-9-15(12-14)19-13-16(21)18-10-7-11-23-3/h6,8-9,12,19H,4-5,7,10-11,13H2,1-3H3,(H,18,21). The number of ether oxygens (including phenoxy) is 1. The Morgan fingerprint density at radius 2 is 1.96 bits per heavy atom. The minimum atomic E-state index is -0.0819. The summed E-state index contributed by atoms with van der Waals surface area (Å²) in [6.45, 7) is 6.66. The Morgan fingerprint density at radius 1 is 1.22 bits per heavy atom. The summed E-state index contributed by atoms with van der Waals surface area (Å²) in [5.41, 5.74) is 1.38. The van der Waals surface area contributed by atoms with E-state index in [2.05, 4.69) is 10.6 Å². The SMILES string of the molecule is CCN(CC)C(=O)c1cccc(NCC(=O)NCCCOC)c1. The molecule has 6 nitrogen and oxygen atoms in total. The van der Waals surface area contributed by atoms with Gasteiger partial charge in [0.25, 0.3) is 5.91 Å². The van der Waals surface area contributed by atoms with Gasteiger partial charge in [0.1, 0.15) is 0 Å². The number of carbonyl (C=O) groups is 2. The number of carbonyl (C=O) groups excluding carboxylic acids is 2. The highest BCUT2D eigenvalue weighted by Crippen LogP contribution is 2.12. The minimum Gasteiger partial charge on any atom is -0.385 e.